The lowest BCUT2D eigenvalue weighted by Crippen LogP contribution is -2.48. The first-order valence-corrected chi connectivity index (χ1v) is 7.68. The Morgan fingerprint density at radius 3 is 2.64 bits per heavy atom. The molecule has 1 saturated heterocycles. The van der Waals surface area contributed by atoms with Crippen LogP contribution in [0.3, 0.4) is 0 Å². The molecule has 1 aromatic heterocycles. The summed E-state index contributed by atoms with van der Waals surface area (Å²) < 4.78 is 39.3. The number of fused-ring (bicyclic) bond motifs is 1. The minimum atomic E-state index is -4.76. The Labute approximate surface area is 132 Å². The molecule has 1 aromatic carbocycles. The number of halogens is 4. The number of carbonyl (C=O) groups excluding carboxylic acids is 1. The summed E-state index contributed by atoms with van der Waals surface area (Å²) in [6.45, 7) is -0.917. The normalized spacial score (nSPS) is 22.5. The van der Waals surface area contributed by atoms with E-state index in [9.17, 15) is 23.1 Å². The lowest BCUT2D eigenvalue weighted by Gasteiger charge is -2.25. The monoisotopic (exact) mass is 349 g/mol. The average Bonchev–Trinajstić information content (AvgIpc) is 3.01. The van der Waals surface area contributed by atoms with Gasteiger partial charge in [-0.2, -0.15) is 13.2 Å². The number of carbonyl (C=O) groups is 1. The zero-order chi connectivity index (χ0) is 16.1. The molecule has 2 heterocycles. The molecule has 1 amide bonds. The maximum absolute atomic E-state index is 12.8. The van der Waals surface area contributed by atoms with E-state index >= 15 is 0 Å². The van der Waals surface area contributed by atoms with E-state index in [0.29, 0.717) is 5.39 Å². The van der Waals surface area contributed by atoms with Crippen molar-refractivity contribution in [3.8, 4) is 0 Å². The molecule has 1 unspecified atom stereocenters. The second kappa shape index (κ2) is 5.11. The highest BCUT2D eigenvalue weighted by atomic mass is 35.5. The Balaban J connectivity index is 1.90. The van der Waals surface area contributed by atoms with E-state index in [2.05, 4.69) is 0 Å². The van der Waals surface area contributed by atoms with Gasteiger partial charge in [0, 0.05) is 23.1 Å². The van der Waals surface area contributed by atoms with Crippen molar-refractivity contribution in [1.82, 2.24) is 4.90 Å². The van der Waals surface area contributed by atoms with Crippen LogP contribution in [0.5, 0.6) is 0 Å². The van der Waals surface area contributed by atoms with E-state index in [1.165, 1.54) is 0 Å². The van der Waals surface area contributed by atoms with Crippen LogP contribution in [0.2, 0.25) is 5.02 Å². The molecule has 118 valence electrons. The third kappa shape index (κ3) is 2.37. The molecule has 3 rings (SSSR count). The van der Waals surface area contributed by atoms with E-state index in [4.69, 9.17) is 11.6 Å². The predicted molar refractivity (Wildman–Crippen MR) is 78.4 cm³/mol. The quantitative estimate of drug-likeness (QED) is 0.853. The standard InChI is InChI=1S/C14H11ClF3NO2S/c15-10-8-3-1-2-4-9(8)22-11(10)12(20)19-6-5-13(21,7-19)14(16,17)18/h1-4,21H,5-7H2. The molecule has 1 aliphatic heterocycles. The Morgan fingerprint density at radius 2 is 2.05 bits per heavy atom. The molecular formula is C14H11ClF3NO2S. The van der Waals surface area contributed by atoms with Gasteiger partial charge in [0.15, 0.2) is 5.60 Å². The van der Waals surface area contributed by atoms with Gasteiger partial charge in [-0.05, 0) is 6.07 Å². The summed E-state index contributed by atoms with van der Waals surface area (Å²) in [5.41, 5.74) is -2.84. The van der Waals surface area contributed by atoms with Crippen molar-refractivity contribution in [3.63, 3.8) is 0 Å². The van der Waals surface area contributed by atoms with Crippen molar-refractivity contribution in [2.24, 2.45) is 0 Å². The van der Waals surface area contributed by atoms with Crippen LogP contribution in [-0.2, 0) is 0 Å². The minimum absolute atomic E-state index is 0.153. The van der Waals surface area contributed by atoms with Crippen LogP contribution in [0.1, 0.15) is 16.1 Å². The van der Waals surface area contributed by atoms with Crippen LogP contribution in [0.15, 0.2) is 24.3 Å². The second-order valence-electron chi connectivity index (χ2n) is 5.25. The van der Waals surface area contributed by atoms with E-state index in [-0.39, 0.29) is 16.4 Å². The molecular weight excluding hydrogens is 339 g/mol. The Bertz CT molecular complexity index is 745. The summed E-state index contributed by atoms with van der Waals surface area (Å²) >= 11 is 7.31. The van der Waals surface area contributed by atoms with Crippen molar-refractivity contribution in [2.75, 3.05) is 13.1 Å². The number of rotatable bonds is 1. The zero-order valence-electron chi connectivity index (χ0n) is 11.2. The van der Waals surface area contributed by atoms with E-state index < -0.39 is 30.7 Å². The van der Waals surface area contributed by atoms with Gasteiger partial charge < -0.3 is 10.0 Å². The molecule has 0 bridgehead atoms. The molecule has 22 heavy (non-hydrogen) atoms. The fraction of sp³-hybridized carbons (Fsp3) is 0.357. The third-order valence-electron chi connectivity index (χ3n) is 3.79. The molecule has 1 fully saturated rings. The maximum Gasteiger partial charge on any atom is 0.419 e. The van der Waals surface area contributed by atoms with Gasteiger partial charge in [-0.1, -0.05) is 29.8 Å². The minimum Gasteiger partial charge on any atom is -0.379 e. The summed E-state index contributed by atoms with van der Waals surface area (Å²) in [6.07, 6.45) is -5.28. The first kappa shape index (κ1) is 15.6. The second-order valence-corrected chi connectivity index (χ2v) is 6.68. The zero-order valence-corrected chi connectivity index (χ0v) is 12.7. The molecule has 3 nitrogen and oxygen atoms in total. The fourth-order valence-corrected chi connectivity index (χ4v) is 3.97. The van der Waals surface area contributed by atoms with Crippen molar-refractivity contribution >= 4 is 38.9 Å². The van der Waals surface area contributed by atoms with Crippen LogP contribution >= 0.6 is 22.9 Å². The molecule has 8 heteroatoms. The highest BCUT2D eigenvalue weighted by Crippen LogP contribution is 2.40. The van der Waals surface area contributed by atoms with E-state index in [0.717, 1.165) is 20.9 Å². The number of benzene rings is 1. The highest BCUT2D eigenvalue weighted by molar-refractivity contribution is 7.21. The molecule has 1 atom stereocenters. The van der Waals surface area contributed by atoms with Crippen LogP contribution in [-0.4, -0.2) is 40.8 Å². The third-order valence-corrected chi connectivity index (χ3v) is 5.46. The number of likely N-dealkylation sites (tertiary alicyclic amines) is 1. The van der Waals surface area contributed by atoms with Crippen LogP contribution in [0.25, 0.3) is 10.1 Å². The molecule has 1 aliphatic rings. The molecule has 0 radical (unpaired) electrons. The smallest absolute Gasteiger partial charge is 0.379 e. The van der Waals surface area contributed by atoms with Gasteiger partial charge in [-0.15, -0.1) is 11.3 Å². The summed E-state index contributed by atoms with van der Waals surface area (Å²) in [6, 6.07) is 7.11. The number of amides is 1. The summed E-state index contributed by atoms with van der Waals surface area (Å²) in [4.78, 5) is 13.6. The first-order chi connectivity index (χ1) is 10.2. The van der Waals surface area contributed by atoms with Gasteiger partial charge in [0.2, 0.25) is 0 Å². The number of nitrogens with zero attached hydrogens (tertiary/aromatic N) is 1. The van der Waals surface area contributed by atoms with Crippen LogP contribution in [0, 0.1) is 0 Å². The van der Waals surface area contributed by atoms with Crippen molar-refractivity contribution in [3.05, 3.63) is 34.2 Å². The number of β-amino-alcohol motifs (C(OH)–C–C–N with tert-alkyl or cyclic N) is 1. The number of alkyl halides is 3. The van der Waals surface area contributed by atoms with Gasteiger partial charge in [0.05, 0.1) is 11.6 Å². The number of aliphatic hydroxyl groups is 1. The molecule has 0 aliphatic carbocycles. The summed E-state index contributed by atoms with van der Waals surface area (Å²) in [7, 11) is 0. The van der Waals surface area contributed by atoms with Gasteiger partial charge in [0.1, 0.15) is 4.88 Å². The van der Waals surface area contributed by atoms with Crippen LogP contribution < -0.4 is 0 Å². The number of hydrogen-bond acceptors (Lipinski definition) is 3. The molecule has 1 N–H and O–H groups in total. The maximum atomic E-state index is 12.8. The fourth-order valence-electron chi connectivity index (χ4n) is 2.49. The van der Waals surface area contributed by atoms with Crippen molar-refractivity contribution in [1.29, 1.82) is 0 Å². The van der Waals surface area contributed by atoms with Crippen molar-refractivity contribution < 1.29 is 23.1 Å². The summed E-state index contributed by atoms with van der Waals surface area (Å²) in [5.74, 6) is -0.577. The molecule has 0 spiro atoms. The number of hydrogen-bond donors (Lipinski definition) is 1. The van der Waals surface area contributed by atoms with Crippen LogP contribution in [0.4, 0.5) is 13.2 Å². The topological polar surface area (TPSA) is 40.5 Å². The highest BCUT2D eigenvalue weighted by Gasteiger charge is 2.58. The molecule has 2 aromatic rings. The van der Waals surface area contributed by atoms with Gasteiger partial charge in [-0.3, -0.25) is 4.79 Å². The first-order valence-electron chi connectivity index (χ1n) is 6.48. The van der Waals surface area contributed by atoms with Crippen molar-refractivity contribution in [2.45, 2.75) is 18.2 Å². The molecule has 0 saturated carbocycles. The Morgan fingerprint density at radius 1 is 1.36 bits per heavy atom. The largest absolute Gasteiger partial charge is 0.419 e. The van der Waals surface area contributed by atoms with Gasteiger partial charge >= 0.3 is 6.18 Å². The summed E-state index contributed by atoms with van der Waals surface area (Å²) in [5, 5.41) is 10.6. The Kier molecular flexibility index (Phi) is 3.62. The van der Waals surface area contributed by atoms with Gasteiger partial charge in [0.25, 0.3) is 5.91 Å². The SMILES string of the molecule is O=C(c1sc2ccccc2c1Cl)N1CCC(O)(C(F)(F)F)C1. The number of thiophene rings is 1. The van der Waals surface area contributed by atoms with E-state index in [1.807, 2.05) is 0 Å². The van der Waals surface area contributed by atoms with E-state index in [1.54, 1.807) is 24.3 Å². The Hall–Kier alpha value is -1.31. The van der Waals surface area contributed by atoms with Gasteiger partial charge in [-0.25, -0.2) is 0 Å². The lowest BCUT2D eigenvalue weighted by molar-refractivity contribution is -0.253. The average molecular weight is 350 g/mol. The predicted octanol–water partition coefficient (Wildman–Crippen LogP) is 3.69. The lowest BCUT2D eigenvalue weighted by atomic mass is 10.0.